The summed E-state index contributed by atoms with van der Waals surface area (Å²) in [6.07, 6.45) is 0. The van der Waals surface area contributed by atoms with Crippen molar-refractivity contribution in [1.29, 1.82) is 0 Å². The first kappa shape index (κ1) is 10.4. The summed E-state index contributed by atoms with van der Waals surface area (Å²) in [7, 11) is -9.50. The van der Waals surface area contributed by atoms with Crippen molar-refractivity contribution >= 4 is 20.5 Å². The average molecular weight is 211 g/mol. The summed E-state index contributed by atoms with van der Waals surface area (Å²) in [5.74, 6) is 0. The van der Waals surface area contributed by atoms with E-state index in [2.05, 4.69) is 0 Å². The van der Waals surface area contributed by atoms with E-state index in [1.165, 1.54) is 3.77 Å². The molecule has 0 amide bonds. The summed E-state index contributed by atoms with van der Waals surface area (Å²) >= 11 is 0. The van der Waals surface area contributed by atoms with Crippen LogP contribution < -0.4 is 0 Å². The van der Waals surface area contributed by atoms with E-state index in [0.29, 0.717) is 0 Å². The summed E-state index contributed by atoms with van der Waals surface area (Å²) in [6, 6.07) is 0. The van der Waals surface area contributed by atoms with E-state index >= 15 is 0 Å². The highest BCUT2D eigenvalue weighted by atomic mass is 32.3. The molecular formula is CF3NO4S2. The normalized spacial score (nSPS) is 12.6. The van der Waals surface area contributed by atoms with Gasteiger partial charge in [0.05, 0.1) is 0 Å². The van der Waals surface area contributed by atoms with Gasteiger partial charge in [-0.3, -0.25) is 0 Å². The molecule has 0 aromatic rings. The minimum atomic E-state index is -5.88. The molecule has 0 aliphatic rings. The topological polar surface area (TPSA) is 80.6 Å². The van der Waals surface area contributed by atoms with Gasteiger partial charge >= 0.3 is 26.0 Å². The first-order valence-electron chi connectivity index (χ1n) is 1.80. The predicted octanol–water partition coefficient (Wildman–Crippen LogP) is -0.101. The van der Waals surface area contributed by atoms with Crippen LogP contribution in [0.2, 0.25) is 0 Å². The van der Waals surface area contributed by atoms with Crippen molar-refractivity contribution in [2.75, 3.05) is 0 Å². The predicted molar refractivity (Wildman–Crippen MR) is 26.3 cm³/mol. The average Bonchev–Trinajstić information content (AvgIpc) is 1.56. The molecule has 0 aliphatic carbocycles. The Balaban J connectivity index is 5.29. The zero-order valence-corrected chi connectivity index (χ0v) is 6.16. The van der Waals surface area contributed by atoms with E-state index in [9.17, 15) is 30.0 Å². The molecule has 0 spiro atoms. The molecule has 0 bridgehead atoms. The Morgan fingerprint density at radius 2 is 1.55 bits per heavy atom. The van der Waals surface area contributed by atoms with Crippen molar-refractivity contribution in [3.63, 3.8) is 0 Å². The number of hydrogen-bond donors (Lipinski definition) is 0. The minimum Gasteiger partial charge on any atom is -0.194 e. The first-order valence-corrected chi connectivity index (χ1v) is 4.27. The number of nitrogens with zero attached hydrogens (tertiary/aromatic N) is 1. The molecule has 5 nitrogen and oxygen atoms in total. The molecule has 0 saturated carbocycles. The Kier molecular flexibility index (Phi) is 2.61. The zero-order valence-electron chi connectivity index (χ0n) is 4.53. The second-order valence-electron chi connectivity index (χ2n) is 1.21. The second kappa shape index (κ2) is 2.77. The van der Waals surface area contributed by atoms with E-state index in [0.717, 1.165) is 0 Å². The van der Waals surface area contributed by atoms with Crippen molar-refractivity contribution < 1.29 is 30.0 Å². The Labute approximate surface area is 60.6 Å². The fourth-order valence-electron chi connectivity index (χ4n) is 0.122. The van der Waals surface area contributed by atoms with Crippen molar-refractivity contribution in [3.05, 3.63) is 0 Å². The van der Waals surface area contributed by atoms with Crippen LogP contribution in [0.3, 0.4) is 0 Å². The number of sulfonamides is 1. The van der Waals surface area contributed by atoms with Crippen molar-refractivity contribution in [1.82, 2.24) is 0 Å². The van der Waals surface area contributed by atoms with Gasteiger partial charge in [-0.1, -0.05) is 0 Å². The van der Waals surface area contributed by atoms with Crippen molar-refractivity contribution in [2.45, 2.75) is 5.51 Å². The quantitative estimate of drug-likeness (QED) is 0.606. The standard InChI is InChI=1S/CF3NO4S2/c2-1(3,4)11(8,9)5-10(6)7. The molecule has 0 unspecified atom stereocenters. The van der Waals surface area contributed by atoms with Gasteiger partial charge in [0.25, 0.3) is 0 Å². The number of rotatable bonds is 1. The van der Waals surface area contributed by atoms with Crippen LogP contribution in [-0.4, -0.2) is 22.3 Å². The molecule has 0 aromatic heterocycles. The van der Waals surface area contributed by atoms with Gasteiger partial charge in [0, 0.05) is 0 Å². The lowest BCUT2D eigenvalue weighted by Gasteiger charge is -1.98. The van der Waals surface area contributed by atoms with E-state index in [1.54, 1.807) is 0 Å². The Morgan fingerprint density at radius 1 is 1.18 bits per heavy atom. The van der Waals surface area contributed by atoms with Crippen LogP contribution in [0.1, 0.15) is 0 Å². The van der Waals surface area contributed by atoms with Gasteiger partial charge in [0.15, 0.2) is 0 Å². The molecule has 0 saturated heterocycles. The number of hydrogen-bond acceptors (Lipinski definition) is 4. The smallest absolute Gasteiger partial charge is 0.194 e. The second-order valence-corrected chi connectivity index (χ2v) is 3.66. The summed E-state index contributed by atoms with van der Waals surface area (Å²) in [5.41, 5.74) is -5.66. The van der Waals surface area contributed by atoms with E-state index in [4.69, 9.17) is 0 Å². The molecule has 0 aromatic carbocycles. The fraction of sp³-hybridized carbons (Fsp3) is 1.00. The van der Waals surface area contributed by atoms with Gasteiger partial charge in [-0.2, -0.15) is 30.0 Å². The van der Waals surface area contributed by atoms with Crippen molar-refractivity contribution in [3.8, 4) is 0 Å². The highest BCUT2D eigenvalue weighted by Gasteiger charge is 2.46. The SMILES string of the molecule is O=S(=O)=NS(=O)(=O)C(F)(F)F. The molecule has 0 rings (SSSR count). The third-order valence-electron chi connectivity index (χ3n) is 0.451. The Hall–Kier alpha value is -0.640. The van der Waals surface area contributed by atoms with Crippen LogP contribution in [0.25, 0.3) is 0 Å². The van der Waals surface area contributed by atoms with Gasteiger partial charge in [0.2, 0.25) is 0 Å². The molecule has 11 heavy (non-hydrogen) atoms. The molecule has 0 heterocycles. The molecule has 0 aliphatic heterocycles. The van der Waals surface area contributed by atoms with Crippen LogP contribution >= 0.6 is 0 Å². The van der Waals surface area contributed by atoms with Crippen LogP contribution in [-0.2, 0) is 20.5 Å². The van der Waals surface area contributed by atoms with Gasteiger partial charge in [-0.15, -0.1) is 0 Å². The van der Waals surface area contributed by atoms with Crippen LogP contribution in [0, 0.1) is 0 Å². The number of alkyl halides is 3. The molecular weight excluding hydrogens is 211 g/mol. The van der Waals surface area contributed by atoms with Gasteiger partial charge in [0.1, 0.15) is 0 Å². The van der Waals surface area contributed by atoms with Gasteiger partial charge in [-0.05, 0) is 3.77 Å². The monoisotopic (exact) mass is 211 g/mol. The van der Waals surface area contributed by atoms with Gasteiger partial charge in [-0.25, -0.2) is 0 Å². The summed E-state index contributed by atoms with van der Waals surface area (Å²) in [4.78, 5) is 0. The Morgan fingerprint density at radius 3 is 1.64 bits per heavy atom. The zero-order chi connectivity index (χ0) is 9.28. The maximum Gasteiger partial charge on any atom is 0.519 e. The third-order valence-corrected chi connectivity index (χ3v) is 2.31. The fourth-order valence-corrected chi connectivity index (χ4v) is 1.10. The van der Waals surface area contributed by atoms with Crippen LogP contribution in [0.4, 0.5) is 13.2 Å². The largest absolute Gasteiger partial charge is 0.519 e. The lowest BCUT2D eigenvalue weighted by molar-refractivity contribution is -0.0434. The lowest BCUT2D eigenvalue weighted by atomic mass is 11.6. The van der Waals surface area contributed by atoms with Gasteiger partial charge < -0.3 is 0 Å². The highest BCUT2D eigenvalue weighted by Crippen LogP contribution is 2.24. The number of halogens is 3. The molecule has 0 N–H and O–H groups in total. The maximum absolute atomic E-state index is 11.2. The molecule has 66 valence electrons. The molecule has 10 heteroatoms. The summed E-state index contributed by atoms with van der Waals surface area (Å²) < 4.78 is 73.5. The van der Waals surface area contributed by atoms with E-state index < -0.39 is 26.0 Å². The van der Waals surface area contributed by atoms with E-state index in [1.807, 2.05) is 0 Å². The molecule has 0 radical (unpaired) electrons. The highest BCUT2D eigenvalue weighted by molar-refractivity contribution is 7.94. The lowest BCUT2D eigenvalue weighted by Crippen LogP contribution is -2.20. The molecule has 0 atom stereocenters. The first-order chi connectivity index (χ1) is 4.67. The van der Waals surface area contributed by atoms with Crippen LogP contribution in [0.5, 0.6) is 0 Å². The molecule has 0 fully saturated rings. The third kappa shape index (κ3) is 2.84. The maximum atomic E-state index is 11.2. The summed E-state index contributed by atoms with van der Waals surface area (Å²) in [6.45, 7) is 0. The van der Waals surface area contributed by atoms with E-state index in [-0.39, 0.29) is 0 Å². The minimum absolute atomic E-state index is 1.44. The summed E-state index contributed by atoms with van der Waals surface area (Å²) in [5, 5.41) is 0. The van der Waals surface area contributed by atoms with Crippen LogP contribution in [0.15, 0.2) is 3.77 Å². The van der Waals surface area contributed by atoms with Crippen molar-refractivity contribution in [2.24, 2.45) is 3.77 Å². The Bertz CT molecular complexity index is 351.